The van der Waals surface area contributed by atoms with Crippen LogP contribution in [0.3, 0.4) is 0 Å². The molecule has 0 saturated heterocycles. The summed E-state index contributed by atoms with van der Waals surface area (Å²) in [5.74, 6) is 1.23. The molecule has 0 heterocycles. The maximum atomic E-state index is 12.9. The van der Waals surface area contributed by atoms with Gasteiger partial charge in [-0.2, -0.15) is 0 Å². The number of hydrogen-bond donors (Lipinski definition) is 2. The first-order valence-electron chi connectivity index (χ1n) is 12.8. The Labute approximate surface area is 206 Å². The van der Waals surface area contributed by atoms with Gasteiger partial charge in [-0.05, 0) is 79.4 Å². The molecule has 6 nitrogen and oxygen atoms in total. The Balaban J connectivity index is 1.16. The van der Waals surface area contributed by atoms with Gasteiger partial charge < -0.3 is 15.4 Å². The average molecular weight is 475 g/mol. The van der Waals surface area contributed by atoms with Gasteiger partial charge in [-0.1, -0.05) is 48.5 Å². The molecule has 1 atom stereocenters. The minimum Gasteiger partial charge on any atom is -0.454 e. The first-order valence-corrected chi connectivity index (χ1v) is 12.8. The summed E-state index contributed by atoms with van der Waals surface area (Å²) in [6.07, 6.45) is 8.01. The second-order valence-corrected chi connectivity index (χ2v) is 10.9. The number of ether oxygens (including phenoxy) is 1. The van der Waals surface area contributed by atoms with E-state index in [0.717, 1.165) is 23.3 Å². The zero-order chi connectivity index (χ0) is 24.3. The van der Waals surface area contributed by atoms with Crippen molar-refractivity contribution in [3.05, 3.63) is 71.8 Å². The quantitative estimate of drug-likeness (QED) is 0.540. The van der Waals surface area contributed by atoms with Crippen molar-refractivity contribution in [3.8, 4) is 0 Å². The number of nitrogens with one attached hydrogen (secondary N) is 2. The molecule has 4 fully saturated rings. The van der Waals surface area contributed by atoms with Crippen LogP contribution in [0.15, 0.2) is 60.7 Å². The summed E-state index contributed by atoms with van der Waals surface area (Å²) in [4.78, 5) is 38.2. The van der Waals surface area contributed by atoms with Gasteiger partial charge in [0, 0.05) is 18.5 Å². The van der Waals surface area contributed by atoms with Crippen molar-refractivity contribution in [2.24, 2.45) is 23.2 Å². The van der Waals surface area contributed by atoms with Crippen LogP contribution >= 0.6 is 0 Å². The monoisotopic (exact) mass is 474 g/mol. The van der Waals surface area contributed by atoms with Crippen LogP contribution in [0.25, 0.3) is 0 Å². The molecule has 6 heteroatoms. The second-order valence-electron chi connectivity index (χ2n) is 10.9. The second kappa shape index (κ2) is 10.2. The molecule has 0 radical (unpaired) electrons. The van der Waals surface area contributed by atoms with Crippen molar-refractivity contribution in [3.63, 3.8) is 0 Å². The maximum Gasteiger partial charge on any atom is 0.329 e. The number of rotatable bonds is 9. The Kier molecular flexibility index (Phi) is 6.89. The lowest BCUT2D eigenvalue weighted by Gasteiger charge is -2.56. The topological polar surface area (TPSA) is 84.5 Å². The van der Waals surface area contributed by atoms with Gasteiger partial charge in [0.15, 0.2) is 6.61 Å². The van der Waals surface area contributed by atoms with Crippen molar-refractivity contribution < 1.29 is 19.1 Å². The van der Waals surface area contributed by atoms with Crippen molar-refractivity contribution >= 4 is 17.8 Å². The Morgan fingerprint density at radius 2 is 1.43 bits per heavy atom. The van der Waals surface area contributed by atoms with Crippen LogP contribution in [0.5, 0.6) is 0 Å². The fraction of sp³-hybridized carbons (Fsp3) is 0.483. The third-order valence-corrected chi connectivity index (χ3v) is 8.08. The number of benzene rings is 2. The molecular weight excluding hydrogens is 440 g/mol. The molecule has 2 aromatic rings. The molecule has 4 aliphatic carbocycles. The molecule has 0 spiro atoms. The minimum atomic E-state index is -0.888. The molecule has 35 heavy (non-hydrogen) atoms. The van der Waals surface area contributed by atoms with Crippen LogP contribution in [-0.4, -0.2) is 37.0 Å². The van der Waals surface area contributed by atoms with Gasteiger partial charge in [0.2, 0.25) is 0 Å². The third kappa shape index (κ3) is 5.75. The van der Waals surface area contributed by atoms with E-state index in [1.807, 2.05) is 36.4 Å². The predicted octanol–water partition coefficient (Wildman–Crippen LogP) is 3.90. The molecule has 4 aliphatic rings. The summed E-state index contributed by atoms with van der Waals surface area (Å²) >= 11 is 0. The lowest BCUT2D eigenvalue weighted by Crippen LogP contribution is -2.51. The molecule has 2 amide bonds. The van der Waals surface area contributed by atoms with Crippen LogP contribution in [0, 0.1) is 23.2 Å². The van der Waals surface area contributed by atoms with Crippen molar-refractivity contribution in [2.45, 2.75) is 51.0 Å². The zero-order valence-corrected chi connectivity index (χ0v) is 20.1. The Bertz CT molecular complexity index is 1020. The number of amides is 2. The number of carbonyl (C=O) groups excluding carboxylic acids is 3. The summed E-state index contributed by atoms with van der Waals surface area (Å²) < 4.78 is 5.38. The summed E-state index contributed by atoms with van der Waals surface area (Å²) in [5.41, 5.74) is 1.59. The smallest absolute Gasteiger partial charge is 0.329 e. The van der Waals surface area contributed by atoms with Crippen LogP contribution < -0.4 is 10.6 Å². The van der Waals surface area contributed by atoms with Crippen LogP contribution in [0.4, 0.5) is 0 Å². The zero-order valence-electron chi connectivity index (χ0n) is 20.1. The largest absolute Gasteiger partial charge is 0.454 e. The molecule has 0 unspecified atom stereocenters. The number of hydrogen-bond acceptors (Lipinski definition) is 4. The van der Waals surface area contributed by atoms with E-state index in [1.54, 1.807) is 24.3 Å². The van der Waals surface area contributed by atoms with E-state index in [2.05, 4.69) is 10.6 Å². The highest BCUT2D eigenvalue weighted by atomic mass is 16.5. The number of esters is 1. The highest BCUT2D eigenvalue weighted by molar-refractivity contribution is 5.97. The van der Waals surface area contributed by atoms with Gasteiger partial charge in [-0.25, -0.2) is 4.79 Å². The maximum absolute atomic E-state index is 12.9. The van der Waals surface area contributed by atoms with E-state index in [0.29, 0.717) is 12.1 Å². The molecule has 4 bridgehead atoms. The molecular formula is C29H34N2O4. The van der Waals surface area contributed by atoms with E-state index < -0.39 is 12.0 Å². The van der Waals surface area contributed by atoms with Gasteiger partial charge in [0.25, 0.3) is 11.8 Å². The van der Waals surface area contributed by atoms with E-state index in [9.17, 15) is 14.4 Å². The van der Waals surface area contributed by atoms with E-state index in [-0.39, 0.29) is 30.3 Å². The normalized spacial score (nSPS) is 27.1. The molecule has 2 N–H and O–H groups in total. The fourth-order valence-corrected chi connectivity index (χ4v) is 6.96. The fourth-order valence-electron chi connectivity index (χ4n) is 6.96. The predicted molar refractivity (Wildman–Crippen MR) is 132 cm³/mol. The van der Waals surface area contributed by atoms with Gasteiger partial charge >= 0.3 is 5.97 Å². The lowest BCUT2D eigenvalue weighted by atomic mass is 9.49. The molecule has 0 aromatic heterocycles. The van der Waals surface area contributed by atoms with Crippen molar-refractivity contribution in [2.75, 3.05) is 13.2 Å². The summed E-state index contributed by atoms with van der Waals surface area (Å²) in [5, 5.41) is 5.83. The molecule has 6 rings (SSSR count). The van der Waals surface area contributed by atoms with Crippen molar-refractivity contribution in [1.29, 1.82) is 0 Å². The van der Waals surface area contributed by atoms with E-state index in [1.165, 1.54) is 38.5 Å². The molecule has 0 aliphatic heterocycles. The summed E-state index contributed by atoms with van der Waals surface area (Å²) in [6.45, 7) is 0.336. The molecule has 184 valence electrons. The number of carbonyl (C=O) groups is 3. The first-order chi connectivity index (χ1) is 17.0. The van der Waals surface area contributed by atoms with Gasteiger partial charge in [0.1, 0.15) is 6.04 Å². The summed E-state index contributed by atoms with van der Waals surface area (Å²) in [6, 6.07) is 17.3. The van der Waals surface area contributed by atoms with Crippen LogP contribution in [0.1, 0.15) is 54.4 Å². The van der Waals surface area contributed by atoms with E-state index >= 15 is 0 Å². The van der Waals surface area contributed by atoms with Crippen molar-refractivity contribution in [1.82, 2.24) is 10.6 Å². The van der Waals surface area contributed by atoms with Crippen LogP contribution in [-0.2, 0) is 20.7 Å². The molecule has 4 saturated carbocycles. The minimum absolute atomic E-state index is 0.230. The molecule has 2 aromatic carbocycles. The SMILES string of the molecule is O=C(COC(=O)[C@H](Cc1ccccc1)NC(=O)c1ccccc1)NCC12CC3CC(CC(C3)C1)C2. The standard InChI is InChI=1S/C29H34N2O4/c32-26(30-19-29-15-21-11-22(16-29)13-23(12-21)17-29)18-35-28(34)25(14-20-7-3-1-4-8-20)31-27(33)24-9-5-2-6-10-24/h1-10,21-23,25H,11-19H2,(H,30,32)(H,31,33)/t21?,22?,23?,25-,29?/m0/s1. The average Bonchev–Trinajstić information content (AvgIpc) is 2.86. The highest BCUT2D eigenvalue weighted by Gasteiger charge is 2.50. The van der Waals surface area contributed by atoms with Crippen LogP contribution in [0.2, 0.25) is 0 Å². The Morgan fingerprint density at radius 3 is 2.03 bits per heavy atom. The lowest BCUT2D eigenvalue weighted by molar-refractivity contribution is -0.150. The third-order valence-electron chi connectivity index (χ3n) is 8.08. The van der Waals surface area contributed by atoms with Gasteiger partial charge in [-0.3, -0.25) is 9.59 Å². The highest BCUT2D eigenvalue weighted by Crippen LogP contribution is 2.59. The van der Waals surface area contributed by atoms with Gasteiger partial charge in [-0.15, -0.1) is 0 Å². The Morgan fingerprint density at radius 1 is 0.857 bits per heavy atom. The Hall–Kier alpha value is -3.15. The van der Waals surface area contributed by atoms with E-state index in [4.69, 9.17) is 4.74 Å². The van der Waals surface area contributed by atoms with Gasteiger partial charge in [0.05, 0.1) is 0 Å². The summed E-state index contributed by atoms with van der Waals surface area (Å²) in [7, 11) is 0. The first kappa shape index (κ1) is 23.6.